The number of thiocarbonyl (C=S) groups is 1. The lowest BCUT2D eigenvalue weighted by atomic mass is 9.94. The van der Waals surface area contributed by atoms with Crippen molar-refractivity contribution < 1.29 is 8.42 Å². The van der Waals surface area contributed by atoms with Gasteiger partial charge in [-0.25, -0.2) is 4.72 Å². The second-order valence-electron chi connectivity index (χ2n) is 5.39. The summed E-state index contributed by atoms with van der Waals surface area (Å²) in [6.07, 6.45) is 4.06. The second kappa shape index (κ2) is 6.27. The van der Waals surface area contributed by atoms with Crippen LogP contribution >= 0.6 is 12.2 Å². The van der Waals surface area contributed by atoms with E-state index in [-0.39, 0.29) is 6.54 Å². The van der Waals surface area contributed by atoms with Crippen LogP contribution < -0.4 is 10.5 Å². The van der Waals surface area contributed by atoms with E-state index >= 15 is 0 Å². The van der Waals surface area contributed by atoms with E-state index in [1.54, 1.807) is 0 Å². The second-order valence-corrected chi connectivity index (χ2v) is 7.58. The topological polar surface area (TPSA) is 75.4 Å². The van der Waals surface area contributed by atoms with Crippen LogP contribution in [0.15, 0.2) is 0 Å². The fourth-order valence-corrected chi connectivity index (χ4v) is 3.27. The average Bonchev–Trinajstić information content (AvgIpc) is 2.55. The summed E-state index contributed by atoms with van der Waals surface area (Å²) in [7, 11) is -3.41. The van der Waals surface area contributed by atoms with Gasteiger partial charge in [-0.1, -0.05) is 38.9 Å². The van der Waals surface area contributed by atoms with Crippen molar-refractivity contribution in [1.29, 1.82) is 0 Å². The molecule has 0 aromatic carbocycles. The minimum absolute atomic E-state index is 0.237. The summed E-state index contributed by atoms with van der Waals surface area (Å²) >= 11 is 4.93. The van der Waals surface area contributed by atoms with Crippen LogP contribution in [-0.2, 0) is 10.2 Å². The monoisotopic (exact) mass is 293 g/mol. The molecule has 1 rings (SSSR count). The Morgan fingerprint density at radius 1 is 1.28 bits per heavy atom. The van der Waals surface area contributed by atoms with Crippen LogP contribution in [0.1, 0.15) is 39.5 Å². The van der Waals surface area contributed by atoms with E-state index in [1.165, 1.54) is 4.31 Å². The third kappa shape index (κ3) is 4.46. The van der Waals surface area contributed by atoms with Crippen LogP contribution in [0.4, 0.5) is 0 Å². The number of nitrogens with zero attached hydrogens (tertiary/aromatic N) is 1. The van der Waals surface area contributed by atoms with Gasteiger partial charge >= 0.3 is 0 Å². The molecule has 3 N–H and O–H groups in total. The molecular formula is C11H23N3O2S2. The van der Waals surface area contributed by atoms with E-state index in [4.69, 9.17) is 18.0 Å². The van der Waals surface area contributed by atoms with Crippen LogP contribution in [-0.4, -0.2) is 37.3 Å². The Hall–Kier alpha value is -0.240. The Balaban J connectivity index is 2.61. The molecule has 1 aliphatic rings. The van der Waals surface area contributed by atoms with Crippen LogP contribution in [0.2, 0.25) is 0 Å². The third-order valence-electron chi connectivity index (χ3n) is 3.27. The quantitative estimate of drug-likeness (QED) is 0.742. The van der Waals surface area contributed by atoms with Gasteiger partial charge in [-0.05, 0) is 12.8 Å². The highest BCUT2D eigenvalue weighted by Gasteiger charge is 2.27. The Morgan fingerprint density at radius 3 is 2.22 bits per heavy atom. The van der Waals surface area contributed by atoms with Gasteiger partial charge in [-0.3, -0.25) is 0 Å². The largest absolute Gasteiger partial charge is 0.393 e. The summed E-state index contributed by atoms with van der Waals surface area (Å²) in [4.78, 5) is 0.320. The van der Waals surface area contributed by atoms with Crippen molar-refractivity contribution in [3.8, 4) is 0 Å². The summed E-state index contributed by atoms with van der Waals surface area (Å²) in [5, 5.41) is 0. The van der Waals surface area contributed by atoms with Crippen molar-refractivity contribution in [2.24, 2.45) is 11.1 Å². The van der Waals surface area contributed by atoms with Gasteiger partial charge in [-0.2, -0.15) is 12.7 Å². The molecule has 0 radical (unpaired) electrons. The highest BCUT2D eigenvalue weighted by molar-refractivity contribution is 7.87. The van der Waals surface area contributed by atoms with E-state index in [2.05, 4.69) is 4.72 Å². The fourth-order valence-electron chi connectivity index (χ4n) is 1.73. The van der Waals surface area contributed by atoms with Crippen molar-refractivity contribution in [1.82, 2.24) is 9.03 Å². The molecule has 1 heterocycles. The molecule has 1 saturated heterocycles. The van der Waals surface area contributed by atoms with Crippen LogP contribution in [0.25, 0.3) is 0 Å². The molecule has 0 aromatic rings. The summed E-state index contributed by atoms with van der Waals surface area (Å²) in [6.45, 7) is 5.10. The van der Waals surface area contributed by atoms with Crippen molar-refractivity contribution in [3.63, 3.8) is 0 Å². The van der Waals surface area contributed by atoms with Crippen molar-refractivity contribution in [3.05, 3.63) is 0 Å². The lowest BCUT2D eigenvalue weighted by molar-refractivity contribution is 0.405. The number of hydrogen-bond acceptors (Lipinski definition) is 3. The van der Waals surface area contributed by atoms with Gasteiger partial charge < -0.3 is 5.73 Å². The molecule has 0 spiro atoms. The van der Waals surface area contributed by atoms with E-state index < -0.39 is 15.6 Å². The van der Waals surface area contributed by atoms with E-state index in [0.717, 1.165) is 25.7 Å². The maximum atomic E-state index is 12.1. The minimum Gasteiger partial charge on any atom is -0.393 e. The Labute approximate surface area is 115 Å². The molecule has 5 nitrogen and oxygen atoms in total. The zero-order valence-electron chi connectivity index (χ0n) is 11.1. The molecule has 106 valence electrons. The standard InChI is InChI=1S/C11H23N3O2S2/c1-11(2,10(12)17)9-13-18(15,16)14-7-5-3-4-6-8-14/h13H,3-9H2,1-2H3,(H2,12,17). The maximum Gasteiger partial charge on any atom is 0.279 e. The van der Waals surface area contributed by atoms with Gasteiger partial charge in [0.05, 0.1) is 4.99 Å². The summed E-state index contributed by atoms with van der Waals surface area (Å²) in [5.41, 5.74) is 5.08. The first-order valence-electron chi connectivity index (χ1n) is 6.30. The number of nitrogens with one attached hydrogen (secondary N) is 1. The zero-order chi connectivity index (χ0) is 13.8. The molecule has 0 bridgehead atoms. The molecule has 0 amide bonds. The van der Waals surface area contributed by atoms with Crippen LogP contribution in [0, 0.1) is 5.41 Å². The molecule has 18 heavy (non-hydrogen) atoms. The fraction of sp³-hybridized carbons (Fsp3) is 0.909. The molecule has 0 aliphatic carbocycles. The smallest absolute Gasteiger partial charge is 0.279 e. The number of hydrogen-bond donors (Lipinski definition) is 2. The predicted molar refractivity (Wildman–Crippen MR) is 77.5 cm³/mol. The molecule has 1 aliphatic heterocycles. The van der Waals surface area contributed by atoms with E-state index in [0.29, 0.717) is 18.1 Å². The van der Waals surface area contributed by atoms with Crippen molar-refractivity contribution in [2.45, 2.75) is 39.5 Å². The van der Waals surface area contributed by atoms with Gasteiger partial charge in [0.2, 0.25) is 0 Å². The molecule has 0 saturated carbocycles. The molecule has 0 atom stereocenters. The SMILES string of the molecule is CC(C)(CNS(=O)(=O)N1CCCCCC1)C(N)=S. The van der Waals surface area contributed by atoms with Gasteiger partial charge in [0.15, 0.2) is 0 Å². The minimum atomic E-state index is -3.41. The first kappa shape index (κ1) is 15.8. The lowest BCUT2D eigenvalue weighted by Gasteiger charge is -2.26. The van der Waals surface area contributed by atoms with Crippen molar-refractivity contribution >= 4 is 27.4 Å². The molecule has 0 unspecified atom stereocenters. The summed E-state index contributed by atoms with van der Waals surface area (Å²) in [5.74, 6) is 0. The molecule has 7 heteroatoms. The lowest BCUT2D eigenvalue weighted by Crippen LogP contribution is -2.47. The average molecular weight is 293 g/mol. The number of rotatable bonds is 5. The van der Waals surface area contributed by atoms with Crippen LogP contribution in [0.5, 0.6) is 0 Å². The molecular weight excluding hydrogens is 270 g/mol. The van der Waals surface area contributed by atoms with Crippen LogP contribution in [0.3, 0.4) is 0 Å². The van der Waals surface area contributed by atoms with Crippen molar-refractivity contribution in [2.75, 3.05) is 19.6 Å². The van der Waals surface area contributed by atoms with E-state index in [1.807, 2.05) is 13.8 Å². The first-order chi connectivity index (χ1) is 8.26. The first-order valence-corrected chi connectivity index (χ1v) is 8.15. The normalized spacial score (nSPS) is 19.4. The van der Waals surface area contributed by atoms with Gasteiger partial charge in [0.1, 0.15) is 0 Å². The number of nitrogens with two attached hydrogens (primary N) is 1. The van der Waals surface area contributed by atoms with E-state index in [9.17, 15) is 8.42 Å². The van der Waals surface area contributed by atoms with Gasteiger partial charge in [0, 0.05) is 25.0 Å². The Morgan fingerprint density at radius 2 is 1.78 bits per heavy atom. The highest BCUT2D eigenvalue weighted by atomic mass is 32.2. The summed E-state index contributed by atoms with van der Waals surface area (Å²) < 4.78 is 28.4. The molecule has 0 aromatic heterocycles. The predicted octanol–water partition coefficient (Wildman–Crippen LogP) is 1.01. The Bertz CT molecular complexity index is 385. The molecule has 1 fully saturated rings. The van der Waals surface area contributed by atoms with Gasteiger partial charge in [-0.15, -0.1) is 0 Å². The Kier molecular flexibility index (Phi) is 5.51. The summed E-state index contributed by atoms with van der Waals surface area (Å²) in [6, 6.07) is 0. The zero-order valence-corrected chi connectivity index (χ0v) is 12.7. The highest BCUT2D eigenvalue weighted by Crippen LogP contribution is 2.16. The third-order valence-corrected chi connectivity index (χ3v) is 5.38. The van der Waals surface area contributed by atoms with Gasteiger partial charge in [0.25, 0.3) is 10.2 Å². The maximum absolute atomic E-state index is 12.1.